The van der Waals surface area contributed by atoms with E-state index in [1.807, 2.05) is 0 Å². The number of carboxylic acids is 2. The minimum atomic E-state index is -1.02. The number of carbonyl (C=O) groups is 4. The summed E-state index contributed by atoms with van der Waals surface area (Å²) in [6.07, 6.45) is 18.7. The molecular formula is C35H64N3O11. The van der Waals surface area contributed by atoms with Crippen LogP contribution in [0.15, 0.2) is 0 Å². The van der Waals surface area contributed by atoms with E-state index in [0.717, 1.165) is 44.9 Å². The van der Waals surface area contributed by atoms with Crippen molar-refractivity contribution < 1.29 is 53.1 Å². The van der Waals surface area contributed by atoms with E-state index >= 15 is 0 Å². The maximum Gasteiger partial charge on any atom is 0.326 e. The highest BCUT2D eigenvalue weighted by Gasteiger charge is 2.19. The van der Waals surface area contributed by atoms with E-state index in [2.05, 4.69) is 16.0 Å². The van der Waals surface area contributed by atoms with Crippen molar-refractivity contribution in [3.05, 3.63) is 0 Å². The Morgan fingerprint density at radius 1 is 0.551 bits per heavy atom. The summed E-state index contributed by atoms with van der Waals surface area (Å²) in [7, 11) is 0. The summed E-state index contributed by atoms with van der Waals surface area (Å²) in [4.78, 5) is 56.0. The Labute approximate surface area is 293 Å². The highest BCUT2D eigenvalue weighted by Crippen LogP contribution is 2.14. The average molecular weight is 703 g/mol. The molecule has 0 aromatic heterocycles. The maximum atomic E-state index is 12.3. The molecule has 0 saturated carbocycles. The second-order valence-electron chi connectivity index (χ2n) is 12.0. The van der Waals surface area contributed by atoms with Gasteiger partial charge >= 0.3 is 11.9 Å². The standard InChI is InChI=1S/C35H64N3O11/c39-22-25-48-27-26-47-24-21-37-33(41)30-49-29-28-46-23-20-36-19-15-16-31(35(44)45)38-32(40)17-13-11-9-7-5-3-1-2-4-6-8-10-12-14-18-34(42)43/h31,36H,1-21,23-30H2,(H,37,41)(H,38,40)(H,42,43)(H,44,45). The van der Waals surface area contributed by atoms with Gasteiger partial charge in [0.15, 0.2) is 0 Å². The first-order valence-electron chi connectivity index (χ1n) is 18.2. The number of hydrogen-bond donors (Lipinski definition) is 5. The van der Waals surface area contributed by atoms with Crippen LogP contribution in [-0.4, -0.2) is 119 Å². The van der Waals surface area contributed by atoms with Crippen molar-refractivity contribution in [3.63, 3.8) is 0 Å². The summed E-state index contributed by atoms with van der Waals surface area (Å²) in [5.74, 6) is -2.19. The molecule has 2 amide bonds. The number of nitrogens with one attached hydrogen (secondary N) is 3. The van der Waals surface area contributed by atoms with Gasteiger partial charge < -0.3 is 45.1 Å². The average Bonchev–Trinajstić information content (AvgIpc) is 3.07. The summed E-state index contributed by atoms with van der Waals surface area (Å²) >= 11 is 0. The van der Waals surface area contributed by atoms with Crippen molar-refractivity contribution in [1.29, 1.82) is 0 Å². The number of unbranched alkanes of at least 4 members (excludes halogenated alkanes) is 13. The molecule has 49 heavy (non-hydrogen) atoms. The number of hydrogen-bond acceptors (Lipinski definition) is 10. The zero-order valence-corrected chi connectivity index (χ0v) is 29.7. The lowest BCUT2D eigenvalue weighted by molar-refractivity contribution is -0.142. The Balaban J connectivity index is 3.54. The maximum absolute atomic E-state index is 12.3. The number of ether oxygens (including phenoxy) is 4. The van der Waals surface area contributed by atoms with Gasteiger partial charge in [0.25, 0.3) is 0 Å². The van der Waals surface area contributed by atoms with Crippen LogP contribution in [0.4, 0.5) is 0 Å². The molecular weight excluding hydrogens is 638 g/mol. The fraction of sp³-hybridized carbons (Fsp3) is 0.857. The predicted molar refractivity (Wildman–Crippen MR) is 185 cm³/mol. The van der Waals surface area contributed by atoms with E-state index in [-0.39, 0.29) is 38.1 Å². The van der Waals surface area contributed by atoms with Crippen molar-refractivity contribution in [3.8, 4) is 0 Å². The fourth-order valence-electron chi connectivity index (χ4n) is 4.94. The summed E-state index contributed by atoms with van der Waals surface area (Å²) in [5, 5.41) is 26.6. The number of carboxylic acid groups (broad SMARTS) is 2. The van der Waals surface area contributed by atoms with Crippen LogP contribution in [0.25, 0.3) is 0 Å². The Bertz CT molecular complexity index is 833. The molecule has 0 fully saturated rings. The van der Waals surface area contributed by atoms with Gasteiger partial charge in [0.2, 0.25) is 18.1 Å². The fourth-order valence-corrected chi connectivity index (χ4v) is 4.94. The van der Waals surface area contributed by atoms with E-state index in [0.29, 0.717) is 71.9 Å². The molecule has 1 unspecified atom stereocenters. The molecule has 0 aromatic carbocycles. The second-order valence-corrected chi connectivity index (χ2v) is 12.0. The van der Waals surface area contributed by atoms with Gasteiger partial charge in [0.1, 0.15) is 19.3 Å². The SMILES string of the molecule is O=[C]COCCOCCNC(=O)COCCOCCNCCCC(NC(=O)CCCCCCCCCCCCCCCCC(=O)O)C(=O)O. The molecule has 5 N–H and O–H groups in total. The lowest BCUT2D eigenvalue weighted by Gasteiger charge is -2.15. The monoisotopic (exact) mass is 702 g/mol. The largest absolute Gasteiger partial charge is 0.481 e. The third-order valence-corrected chi connectivity index (χ3v) is 7.65. The first-order valence-corrected chi connectivity index (χ1v) is 18.2. The molecule has 0 aliphatic heterocycles. The van der Waals surface area contributed by atoms with Crippen LogP contribution in [0.1, 0.15) is 116 Å². The summed E-state index contributed by atoms with van der Waals surface area (Å²) in [6.45, 7) is 3.37. The molecule has 0 aromatic rings. The topological polar surface area (TPSA) is 199 Å². The molecule has 0 aliphatic rings. The van der Waals surface area contributed by atoms with Crippen molar-refractivity contribution >= 4 is 30.0 Å². The van der Waals surface area contributed by atoms with Crippen LogP contribution < -0.4 is 16.0 Å². The van der Waals surface area contributed by atoms with Crippen LogP contribution in [0.5, 0.6) is 0 Å². The third kappa shape index (κ3) is 36.5. The van der Waals surface area contributed by atoms with Gasteiger partial charge in [-0.25, -0.2) is 4.79 Å². The van der Waals surface area contributed by atoms with Crippen LogP contribution in [-0.2, 0) is 42.9 Å². The molecule has 14 nitrogen and oxygen atoms in total. The summed E-state index contributed by atoms with van der Waals surface area (Å²) in [5.41, 5.74) is 0. The molecule has 0 heterocycles. The Hall–Kier alpha value is -2.65. The van der Waals surface area contributed by atoms with Gasteiger partial charge in [-0.2, -0.15) is 0 Å². The molecule has 14 heteroatoms. The van der Waals surface area contributed by atoms with Crippen LogP contribution in [0, 0.1) is 0 Å². The number of aliphatic carboxylic acids is 2. The first-order chi connectivity index (χ1) is 23.9. The number of amides is 2. The molecule has 1 atom stereocenters. The van der Waals surface area contributed by atoms with Gasteiger partial charge in [-0.3, -0.25) is 19.2 Å². The minimum Gasteiger partial charge on any atom is -0.481 e. The Kier molecular flexibility index (Phi) is 34.6. The zero-order valence-electron chi connectivity index (χ0n) is 29.7. The van der Waals surface area contributed by atoms with Crippen LogP contribution in [0.2, 0.25) is 0 Å². The minimum absolute atomic E-state index is 0.0782. The van der Waals surface area contributed by atoms with E-state index < -0.39 is 18.0 Å². The summed E-state index contributed by atoms with van der Waals surface area (Å²) in [6, 6.07) is -0.892. The molecule has 0 spiro atoms. The summed E-state index contributed by atoms with van der Waals surface area (Å²) < 4.78 is 20.8. The van der Waals surface area contributed by atoms with Gasteiger partial charge in [0, 0.05) is 25.9 Å². The highest BCUT2D eigenvalue weighted by molar-refractivity contribution is 5.83. The molecule has 0 saturated heterocycles. The first kappa shape index (κ1) is 46.4. The second kappa shape index (κ2) is 36.6. The van der Waals surface area contributed by atoms with Crippen LogP contribution in [0.3, 0.4) is 0 Å². The highest BCUT2D eigenvalue weighted by atomic mass is 16.5. The van der Waals surface area contributed by atoms with Gasteiger partial charge in [0.05, 0.1) is 39.6 Å². The van der Waals surface area contributed by atoms with E-state index in [4.69, 9.17) is 24.1 Å². The smallest absolute Gasteiger partial charge is 0.326 e. The lowest BCUT2D eigenvalue weighted by Crippen LogP contribution is -2.41. The molecule has 0 aliphatic carbocycles. The van der Waals surface area contributed by atoms with Crippen LogP contribution >= 0.6 is 0 Å². The van der Waals surface area contributed by atoms with E-state index in [9.17, 15) is 29.1 Å². The van der Waals surface area contributed by atoms with E-state index in [1.54, 1.807) is 6.29 Å². The number of rotatable bonds is 39. The van der Waals surface area contributed by atoms with Crippen molar-refractivity contribution in [2.24, 2.45) is 0 Å². The molecule has 0 bridgehead atoms. The Morgan fingerprint density at radius 3 is 1.61 bits per heavy atom. The van der Waals surface area contributed by atoms with Crippen molar-refractivity contribution in [1.82, 2.24) is 16.0 Å². The normalized spacial score (nSPS) is 11.7. The van der Waals surface area contributed by atoms with Gasteiger partial charge in [-0.05, 0) is 32.2 Å². The molecule has 1 radical (unpaired) electrons. The quantitative estimate of drug-likeness (QED) is 0.0585. The van der Waals surface area contributed by atoms with Crippen molar-refractivity contribution in [2.45, 2.75) is 122 Å². The predicted octanol–water partition coefficient (Wildman–Crippen LogP) is 3.54. The van der Waals surface area contributed by atoms with Gasteiger partial charge in [-0.1, -0.05) is 77.0 Å². The molecule has 0 rings (SSSR count). The third-order valence-electron chi connectivity index (χ3n) is 7.65. The van der Waals surface area contributed by atoms with Gasteiger partial charge in [-0.15, -0.1) is 0 Å². The van der Waals surface area contributed by atoms with E-state index in [1.165, 1.54) is 44.9 Å². The number of carbonyl (C=O) groups excluding carboxylic acids is 3. The lowest BCUT2D eigenvalue weighted by atomic mass is 10.0. The van der Waals surface area contributed by atoms with Crippen molar-refractivity contribution in [2.75, 3.05) is 72.5 Å². The Morgan fingerprint density at radius 2 is 1.06 bits per heavy atom. The molecule has 285 valence electrons. The zero-order chi connectivity index (χ0) is 36.0.